The maximum absolute atomic E-state index is 14.0. The average molecular weight is 436 g/mol. The first-order valence-corrected chi connectivity index (χ1v) is 10.4. The van der Waals surface area contributed by atoms with Crippen LogP contribution in [0, 0.1) is 0 Å². The third kappa shape index (κ3) is 3.89. The molecule has 0 bridgehead atoms. The number of aliphatic carboxylic acids is 1. The summed E-state index contributed by atoms with van der Waals surface area (Å²) in [5.41, 5.74) is 2.64. The molecule has 3 aromatic rings. The van der Waals surface area contributed by atoms with Gasteiger partial charge in [-0.15, -0.1) is 0 Å². The van der Waals surface area contributed by atoms with Crippen molar-refractivity contribution in [2.24, 2.45) is 0 Å². The smallest absolute Gasteiger partial charge is 0.326 e. The van der Waals surface area contributed by atoms with Gasteiger partial charge < -0.3 is 14.7 Å². The third-order valence-corrected chi connectivity index (χ3v) is 6.06. The van der Waals surface area contributed by atoms with Crippen molar-refractivity contribution in [2.45, 2.75) is 24.9 Å². The van der Waals surface area contributed by atoms with Gasteiger partial charge in [0.2, 0.25) is 0 Å². The van der Waals surface area contributed by atoms with E-state index in [0.29, 0.717) is 34.7 Å². The second-order valence-electron chi connectivity index (χ2n) is 7.43. The van der Waals surface area contributed by atoms with Gasteiger partial charge >= 0.3 is 5.97 Å². The summed E-state index contributed by atoms with van der Waals surface area (Å²) in [6.45, 7) is 0. The summed E-state index contributed by atoms with van der Waals surface area (Å²) in [5.74, 6) is -1.01. The van der Waals surface area contributed by atoms with Gasteiger partial charge in [0.25, 0.3) is 5.91 Å². The standard InChI is InChI=1S/C25H22ClNO4/c1-31-22-13-7-11-17(16-8-3-2-4-9-16)23(22)24(28)27-20(14-15-21(27)25(29)30)18-10-5-6-12-19(18)26/h2-13,20-21H,14-15H2,1H3,(H,29,30). The lowest BCUT2D eigenvalue weighted by molar-refractivity contribution is -0.141. The van der Waals surface area contributed by atoms with Crippen LogP contribution in [0.1, 0.15) is 34.8 Å². The number of methoxy groups -OCH3 is 1. The highest BCUT2D eigenvalue weighted by atomic mass is 35.5. The van der Waals surface area contributed by atoms with Gasteiger partial charge in [0.15, 0.2) is 0 Å². The molecule has 158 valence electrons. The number of nitrogens with zero attached hydrogens (tertiary/aromatic N) is 1. The maximum atomic E-state index is 14.0. The van der Waals surface area contributed by atoms with E-state index in [1.54, 1.807) is 12.1 Å². The van der Waals surface area contributed by atoms with Crippen LogP contribution in [0.25, 0.3) is 11.1 Å². The molecule has 0 saturated carbocycles. The quantitative estimate of drug-likeness (QED) is 0.579. The fourth-order valence-corrected chi connectivity index (χ4v) is 4.56. The van der Waals surface area contributed by atoms with E-state index in [-0.39, 0.29) is 5.91 Å². The van der Waals surface area contributed by atoms with Crippen LogP contribution in [0.3, 0.4) is 0 Å². The molecule has 1 amide bonds. The van der Waals surface area contributed by atoms with E-state index in [1.807, 2.05) is 60.7 Å². The Balaban J connectivity index is 1.87. The Hall–Kier alpha value is -3.31. The Morgan fingerprint density at radius 1 is 0.968 bits per heavy atom. The Kier molecular flexibility index (Phi) is 5.96. The van der Waals surface area contributed by atoms with E-state index in [0.717, 1.165) is 11.1 Å². The number of carbonyl (C=O) groups excluding carboxylic acids is 1. The number of carbonyl (C=O) groups is 2. The van der Waals surface area contributed by atoms with E-state index in [2.05, 4.69) is 0 Å². The van der Waals surface area contributed by atoms with Gasteiger partial charge in [-0.2, -0.15) is 0 Å². The predicted molar refractivity (Wildman–Crippen MR) is 119 cm³/mol. The van der Waals surface area contributed by atoms with Crippen LogP contribution in [0.2, 0.25) is 5.02 Å². The van der Waals surface area contributed by atoms with E-state index in [1.165, 1.54) is 12.0 Å². The van der Waals surface area contributed by atoms with E-state index >= 15 is 0 Å². The van der Waals surface area contributed by atoms with Crippen molar-refractivity contribution in [3.8, 4) is 16.9 Å². The Morgan fingerprint density at radius 2 is 1.68 bits per heavy atom. The number of ether oxygens (including phenoxy) is 1. The highest BCUT2D eigenvalue weighted by Crippen LogP contribution is 2.42. The number of carboxylic acids is 1. The zero-order valence-electron chi connectivity index (χ0n) is 17.0. The minimum atomic E-state index is -1.03. The monoisotopic (exact) mass is 435 g/mol. The lowest BCUT2D eigenvalue weighted by Gasteiger charge is -2.30. The van der Waals surface area contributed by atoms with Gasteiger partial charge in [0.1, 0.15) is 11.8 Å². The number of hydrogen-bond donors (Lipinski definition) is 1. The lowest BCUT2D eigenvalue weighted by Crippen LogP contribution is -2.42. The van der Waals surface area contributed by atoms with Crippen molar-refractivity contribution in [3.05, 3.63) is 88.9 Å². The van der Waals surface area contributed by atoms with Gasteiger partial charge in [-0.25, -0.2) is 4.79 Å². The molecule has 1 aliphatic rings. The summed E-state index contributed by atoms with van der Waals surface area (Å²) in [4.78, 5) is 27.5. The van der Waals surface area contributed by atoms with Crippen LogP contribution in [0.5, 0.6) is 5.75 Å². The van der Waals surface area contributed by atoms with Crippen molar-refractivity contribution < 1.29 is 19.4 Å². The van der Waals surface area contributed by atoms with Gasteiger partial charge in [0, 0.05) is 5.02 Å². The fourth-order valence-electron chi connectivity index (χ4n) is 4.30. The molecule has 2 atom stereocenters. The number of carboxylic acid groups (broad SMARTS) is 1. The molecule has 1 fully saturated rings. The third-order valence-electron chi connectivity index (χ3n) is 5.71. The molecule has 2 unspecified atom stereocenters. The van der Waals surface area contributed by atoms with E-state index in [4.69, 9.17) is 16.3 Å². The topological polar surface area (TPSA) is 66.8 Å². The molecular weight excluding hydrogens is 414 g/mol. The first kappa shape index (κ1) is 20.9. The Bertz CT molecular complexity index is 1120. The molecule has 3 aromatic carbocycles. The van der Waals surface area contributed by atoms with Crippen molar-refractivity contribution in [3.63, 3.8) is 0 Å². The van der Waals surface area contributed by atoms with Crippen LogP contribution in [-0.2, 0) is 4.79 Å². The molecule has 0 aromatic heterocycles. The Labute approximate surface area is 185 Å². The number of benzene rings is 3. The first-order chi connectivity index (χ1) is 15.0. The second kappa shape index (κ2) is 8.82. The molecule has 6 heteroatoms. The zero-order valence-corrected chi connectivity index (χ0v) is 17.8. The van der Waals surface area contributed by atoms with Crippen LogP contribution >= 0.6 is 11.6 Å². The fraction of sp³-hybridized carbons (Fsp3) is 0.200. The molecule has 1 saturated heterocycles. The Morgan fingerprint density at radius 3 is 2.35 bits per heavy atom. The van der Waals surface area contributed by atoms with Gasteiger partial charge in [-0.3, -0.25) is 4.79 Å². The van der Waals surface area contributed by atoms with Gasteiger partial charge in [-0.05, 0) is 41.7 Å². The number of halogens is 1. The summed E-state index contributed by atoms with van der Waals surface area (Å²) >= 11 is 6.42. The summed E-state index contributed by atoms with van der Waals surface area (Å²) in [6, 6.07) is 20.8. The van der Waals surface area contributed by atoms with E-state index in [9.17, 15) is 14.7 Å². The molecule has 0 aliphatic carbocycles. The summed E-state index contributed by atoms with van der Waals surface area (Å²) in [7, 11) is 1.51. The summed E-state index contributed by atoms with van der Waals surface area (Å²) in [5, 5.41) is 10.4. The molecular formula is C25H22ClNO4. The number of amides is 1. The SMILES string of the molecule is COc1cccc(-c2ccccc2)c1C(=O)N1C(C(=O)O)CCC1c1ccccc1Cl. The van der Waals surface area contributed by atoms with Crippen molar-refractivity contribution >= 4 is 23.5 Å². The average Bonchev–Trinajstić information content (AvgIpc) is 3.24. The molecule has 5 nitrogen and oxygen atoms in total. The van der Waals surface area contributed by atoms with Crippen molar-refractivity contribution in [1.29, 1.82) is 0 Å². The maximum Gasteiger partial charge on any atom is 0.326 e. The molecule has 1 aliphatic heterocycles. The second-order valence-corrected chi connectivity index (χ2v) is 7.84. The molecule has 31 heavy (non-hydrogen) atoms. The summed E-state index contributed by atoms with van der Waals surface area (Å²) in [6.07, 6.45) is 0.870. The van der Waals surface area contributed by atoms with Crippen molar-refractivity contribution in [2.75, 3.05) is 7.11 Å². The van der Waals surface area contributed by atoms with Gasteiger partial charge in [0.05, 0.1) is 18.7 Å². The van der Waals surface area contributed by atoms with Gasteiger partial charge in [-0.1, -0.05) is 72.3 Å². The van der Waals surface area contributed by atoms with E-state index < -0.39 is 18.1 Å². The molecule has 0 spiro atoms. The lowest BCUT2D eigenvalue weighted by atomic mass is 9.96. The number of likely N-dealkylation sites (tertiary alicyclic amines) is 1. The number of hydrogen-bond acceptors (Lipinski definition) is 3. The van der Waals surface area contributed by atoms with Crippen LogP contribution in [-0.4, -0.2) is 35.0 Å². The molecule has 4 rings (SSSR count). The predicted octanol–water partition coefficient (Wildman–Crippen LogP) is 5.45. The normalized spacial score (nSPS) is 18.1. The highest BCUT2D eigenvalue weighted by Gasteiger charge is 2.43. The van der Waals surface area contributed by atoms with Crippen molar-refractivity contribution in [1.82, 2.24) is 4.90 Å². The first-order valence-electron chi connectivity index (χ1n) is 10.0. The molecule has 0 radical (unpaired) electrons. The minimum absolute atomic E-state index is 0.349. The summed E-state index contributed by atoms with van der Waals surface area (Å²) < 4.78 is 5.53. The van der Waals surface area contributed by atoms with Crippen LogP contribution < -0.4 is 4.74 Å². The highest BCUT2D eigenvalue weighted by molar-refractivity contribution is 6.31. The van der Waals surface area contributed by atoms with Crippen LogP contribution in [0.15, 0.2) is 72.8 Å². The minimum Gasteiger partial charge on any atom is -0.496 e. The largest absolute Gasteiger partial charge is 0.496 e. The number of rotatable bonds is 5. The zero-order chi connectivity index (χ0) is 22.0. The molecule has 1 N–H and O–H groups in total. The van der Waals surface area contributed by atoms with Crippen LogP contribution in [0.4, 0.5) is 0 Å². The molecule has 1 heterocycles.